The summed E-state index contributed by atoms with van der Waals surface area (Å²) in [6.07, 6.45) is 2.47. The first-order valence-electron chi connectivity index (χ1n) is 7.62. The second-order valence-corrected chi connectivity index (χ2v) is 5.69. The molecule has 2 aliphatic rings. The number of carbonyl (C=O) groups excluding carboxylic acids is 1. The minimum atomic E-state index is -0.134. The molecule has 1 aliphatic carbocycles. The predicted molar refractivity (Wildman–Crippen MR) is 77.8 cm³/mol. The number of rotatable bonds is 6. The van der Waals surface area contributed by atoms with Gasteiger partial charge in [0.25, 0.3) is 5.91 Å². The van der Waals surface area contributed by atoms with Crippen molar-refractivity contribution in [2.75, 3.05) is 40.0 Å². The number of aromatic nitrogens is 2. The minimum Gasteiger partial charge on any atom is -0.480 e. The molecule has 22 heavy (non-hydrogen) atoms. The van der Waals surface area contributed by atoms with Crippen molar-refractivity contribution in [1.82, 2.24) is 15.1 Å². The molecule has 1 saturated carbocycles. The molecule has 1 aromatic heterocycles. The fourth-order valence-electron chi connectivity index (χ4n) is 2.36. The van der Waals surface area contributed by atoms with Crippen molar-refractivity contribution in [2.45, 2.75) is 18.9 Å². The summed E-state index contributed by atoms with van der Waals surface area (Å²) >= 11 is 0. The summed E-state index contributed by atoms with van der Waals surface area (Å²) in [5, 5.41) is 7.74. The zero-order valence-corrected chi connectivity index (χ0v) is 12.7. The molecule has 2 heterocycles. The Labute approximate surface area is 129 Å². The summed E-state index contributed by atoms with van der Waals surface area (Å²) in [5.74, 6) is 0.992. The van der Waals surface area contributed by atoms with Crippen LogP contribution in [0, 0.1) is 5.92 Å². The monoisotopic (exact) mass is 307 g/mol. The Morgan fingerprint density at radius 2 is 2.23 bits per heavy atom. The summed E-state index contributed by atoms with van der Waals surface area (Å²) in [5.41, 5.74) is 0.320. The molecule has 1 atom stereocenters. The largest absolute Gasteiger partial charge is 0.480 e. The first-order chi connectivity index (χ1) is 10.8. The van der Waals surface area contributed by atoms with Crippen LogP contribution in [0.25, 0.3) is 0 Å². The van der Waals surface area contributed by atoms with Gasteiger partial charge < -0.3 is 19.1 Å². The molecule has 2 fully saturated rings. The normalized spacial score (nSPS) is 21.7. The predicted octanol–water partition coefficient (Wildman–Crippen LogP) is 0.753. The molecule has 0 spiro atoms. The summed E-state index contributed by atoms with van der Waals surface area (Å²) in [6.45, 7) is 2.95. The summed E-state index contributed by atoms with van der Waals surface area (Å²) in [7, 11) is 1.51. The van der Waals surface area contributed by atoms with Gasteiger partial charge in [0, 0.05) is 25.8 Å². The van der Waals surface area contributed by atoms with E-state index in [1.54, 1.807) is 17.0 Å². The van der Waals surface area contributed by atoms with Crippen LogP contribution < -0.4 is 4.74 Å². The van der Waals surface area contributed by atoms with Crippen molar-refractivity contribution in [3.63, 3.8) is 0 Å². The van der Waals surface area contributed by atoms with E-state index in [1.807, 2.05) is 0 Å². The van der Waals surface area contributed by atoms with Crippen LogP contribution in [0.15, 0.2) is 12.1 Å². The Kier molecular flexibility index (Phi) is 4.84. The standard InChI is InChI=1S/C15H21N3O4/c1-20-14-5-4-13(16-17-14)15(19)18-6-7-22-12(8-18)10-21-9-11-2-3-11/h4-5,11-12H,2-3,6-10H2,1H3/t12-/m0/s1. The first-order valence-corrected chi connectivity index (χ1v) is 7.62. The van der Waals surface area contributed by atoms with E-state index in [-0.39, 0.29) is 12.0 Å². The van der Waals surface area contributed by atoms with Crippen LogP contribution in [0.3, 0.4) is 0 Å². The van der Waals surface area contributed by atoms with Gasteiger partial charge in [-0.1, -0.05) is 0 Å². The maximum absolute atomic E-state index is 12.4. The van der Waals surface area contributed by atoms with E-state index in [0.29, 0.717) is 37.9 Å². The van der Waals surface area contributed by atoms with Gasteiger partial charge in [-0.3, -0.25) is 4.79 Å². The van der Waals surface area contributed by atoms with E-state index in [1.165, 1.54) is 20.0 Å². The van der Waals surface area contributed by atoms with E-state index in [2.05, 4.69) is 10.2 Å². The third-order valence-electron chi connectivity index (χ3n) is 3.85. The zero-order valence-electron chi connectivity index (χ0n) is 12.7. The van der Waals surface area contributed by atoms with E-state index >= 15 is 0 Å². The average molecular weight is 307 g/mol. The van der Waals surface area contributed by atoms with Crippen molar-refractivity contribution in [3.05, 3.63) is 17.8 Å². The lowest BCUT2D eigenvalue weighted by atomic mass is 10.2. The fraction of sp³-hybridized carbons (Fsp3) is 0.667. The van der Waals surface area contributed by atoms with Gasteiger partial charge in [0.1, 0.15) is 0 Å². The van der Waals surface area contributed by atoms with Crippen LogP contribution in [-0.2, 0) is 9.47 Å². The van der Waals surface area contributed by atoms with Gasteiger partial charge in [-0.25, -0.2) is 0 Å². The highest BCUT2D eigenvalue weighted by Crippen LogP contribution is 2.28. The number of amides is 1. The van der Waals surface area contributed by atoms with Gasteiger partial charge in [0.05, 0.1) is 26.4 Å². The van der Waals surface area contributed by atoms with Gasteiger partial charge in [0.15, 0.2) is 5.69 Å². The Morgan fingerprint density at radius 1 is 1.36 bits per heavy atom. The fourth-order valence-corrected chi connectivity index (χ4v) is 2.36. The van der Waals surface area contributed by atoms with Crippen molar-refractivity contribution in [2.24, 2.45) is 5.92 Å². The third-order valence-corrected chi connectivity index (χ3v) is 3.85. The summed E-state index contributed by atoms with van der Waals surface area (Å²) in [4.78, 5) is 14.2. The van der Waals surface area contributed by atoms with Gasteiger partial charge in [-0.15, -0.1) is 10.2 Å². The van der Waals surface area contributed by atoms with Crippen molar-refractivity contribution in [1.29, 1.82) is 0 Å². The van der Waals surface area contributed by atoms with E-state index in [4.69, 9.17) is 14.2 Å². The maximum atomic E-state index is 12.4. The first kappa shape index (κ1) is 15.2. The van der Waals surface area contributed by atoms with Crippen LogP contribution in [0.5, 0.6) is 5.88 Å². The van der Waals surface area contributed by atoms with Crippen LogP contribution >= 0.6 is 0 Å². The highest BCUT2D eigenvalue weighted by Gasteiger charge is 2.27. The quantitative estimate of drug-likeness (QED) is 0.772. The lowest BCUT2D eigenvalue weighted by Gasteiger charge is -2.32. The van der Waals surface area contributed by atoms with Crippen LogP contribution in [0.2, 0.25) is 0 Å². The molecular formula is C15H21N3O4. The molecule has 3 rings (SSSR count). The van der Waals surface area contributed by atoms with Crippen molar-refractivity contribution >= 4 is 5.91 Å². The molecule has 0 N–H and O–H groups in total. The van der Waals surface area contributed by atoms with Gasteiger partial charge in [-0.2, -0.15) is 0 Å². The Morgan fingerprint density at radius 3 is 2.91 bits per heavy atom. The molecule has 0 unspecified atom stereocenters. The Balaban J connectivity index is 1.51. The molecule has 0 bridgehead atoms. The lowest BCUT2D eigenvalue weighted by Crippen LogP contribution is -2.47. The van der Waals surface area contributed by atoms with Crippen molar-refractivity contribution in [3.8, 4) is 5.88 Å². The van der Waals surface area contributed by atoms with E-state index < -0.39 is 0 Å². The molecule has 0 radical (unpaired) electrons. The molecule has 1 amide bonds. The molecule has 7 nitrogen and oxygen atoms in total. The summed E-state index contributed by atoms with van der Waals surface area (Å²) < 4.78 is 16.3. The van der Waals surface area contributed by atoms with E-state index in [0.717, 1.165) is 12.5 Å². The molecule has 1 saturated heterocycles. The van der Waals surface area contributed by atoms with Crippen LogP contribution in [0.1, 0.15) is 23.3 Å². The summed E-state index contributed by atoms with van der Waals surface area (Å²) in [6, 6.07) is 3.26. The molecule has 1 aliphatic heterocycles. The second-order valence-electron chi connectivity index (χ2n) is 5.69. The highest BCUT2D eigenvalue weighted by molar-refractivity contribution is 5.92. The number of ether oxygens (including phenoxy) is 3. The molecule has 0 aromatic carbocycles. The van der Waals surface area contributed by atoms with Gasteiger partial charge in [0.2, 0.25) is 5.88 Å². The number of methoxy groups -OCH3 is 1. The number of morpholine rings is 1. The topological polar surface area (TPSA) is 73.8 Å². The van der Waals surface area contributed by atoms with Gasteiger partial charge >= 0.3 is 0 Å². The lowest BCUT2D eigenvalue weighted by molar-refractivity contribution is -0.0629. The Hall–Kier alpha value is -1.73. The highest BCUT2D eigenvalue weighted by atomic mass is 16.5. The zero-order chi connectivity index (χ0) is 15.4. The molecular weight excluding hydrogens is 286 g/mol. The van der Waals surface area contributed by atoms with E-state index in [9.17, 15) is 4.79 Å². The third kappa shape index (κ3) is 3.92. The number of nitrogens with zero attached hydrogens (tertiary/aromatic N) is 3. The van der Waals surface area contributed by atoms with Gasteiger partial charge in [-0.05, 0) is 24.8 Å². The SMILES string of the molecule is COc1ccc(C(=O)N2CCO[C@H](COCC3CC3)C2)nn1. The number of hydrogen-bond acceptors (Lipinski definition) is 6. The maximum Gasteiger partial charge on any atom is 0.274 e. The van der Waals surface area contributed by atoms with Crippen LogP contribution in [0.4, 0.5) is 0 Å². The number of carbonyl (C=O) groups is 1. The minimum absolute atomic E-state index is 0.0670. The second kappa shape index (κ2) is 7.02. The Bertz CT molecular complexity index is 504. The molecule has 1 aromatic rings. The van der Waals surface area contributed by atoms with Crippen LogP contribution in [-0.4, -0.2) is 67.1 Å². The smallest absolute Gasteiger partial charge is 0.274 e. The van der Waals surface area contributed by atoms with Crippen molar-refractivity contribution < 1.29 is 19.0 Å². The molecule has 7 heteroatoms. The average Bonchev–Trinajstić information content (AvgIpc) is 3.39. The number of hydrogen-bond donors (Lipinski definition) is 0. The molecule has 120 valence electrons.